The van der Waals surface area contributed by atoms with Crippen LogP contribution in [0, 0.1) is 17.0 Å². The van der Waals surface area contributed by atoms with Gasteiger partial charge in [0.2, 0.25) is 0 Å². The van der Waals surface area contributed by atoms with Gasteiger partial charge in [0.15, 0.2) is 11.6 Å². The minimum absolute atomic E-state index is 0.373. The molecule has 0 amide bonds. The van der Waals surface area contributed by atoms with Crippen molar-refractivity contribution in [1.82, 2.24) is 5.32 Å². The zero-order valence-electron chi connectivity index (χ0n) is 10.4. The predicted molar refractivity (Wildman–Crippen MR) is 64.6 cm³/mol. The van der Waals surface area contributed by atoms with E-state index in [4.69, 9.17) is 0 Å². The molecule has 2 rings (SSSR count). The lowest BCUT2D eigenvalue weighted by molar-refractivity contribution is 0.363. The number of rotatable bonds is 3. The van der Waals surface area contributed by atoms with Gasteiger partial charge in [0.05, 0.1) is 0 Å². The standard InChI is InChI=1S/C14H19F2N/c1-14(2)7-6-11(8-14)17-9-10-4-3-5-12(15)13(10)16/h3-5,11,17H,6-9H2,1-2H3. The molecule has 1 aromatic rings. The van der Waals surface area contributed by atoms with Crippen LogP contribution >= 0.6 is 0 Å². The van der Waals surface area contributed by atoms with Crippen LogP contribution in [0.1, 0.15) is 38.7 Å². The van der Waals surface area contributed by atoms with E-state index in [0.717, 1.165) is 18.9 Å². The van der Waals surface area contributed by atoms with Gasteiger partial charge in [-0.3, -0.25) is 0 Å². The van der Waals surface area contributed by atoms with Crippen molar-refractivity contribution in [2.45, 2.75) is 45.7 Å². The van der Waals surface area contributed by atoms with Gasteiger partial charge in [-0.1, -0.05) is 26.0 Å². The lowest BCUT2D eigenvalue weighted by atomic mass is 9.92. The summed E-state index contributed by atoms with van der Waals surface area (Å²) in [5.74, 6) is -1.49. The molecule has 0 spiro atoms. The molecule has 3 heteroatoms. The summed E-state index contributed by atoms with van der Waals surface area (Å²) in [6.45, 7) is 4.90. The van der Waals surface area contributed by atoms with E-state index in [0.29, 0.717) is 23.6 Å². The molecule has 1 fully saturated rings. The highest BCUT2D eigenvalue weighted by Crippen LogP contribution is 2.37. The summed E-state index contributed by atoms with van der Waals surface area (Å²) in [6, 6.07) is 4.75. The average Bonchev–Trinajstić information content (AvgIpc) is 2.61. The van der Waals surface area contributed by atoms with Crippen molar-refractivity contribution in [3.8, 4) is 0 Å². The molecule has 1 N–H and O–H groups in total. The molecular weight excluding hydrogens is 220 g/mol. The van der Waals surface area contributed by atoms with Crippen LogP contribution in [0.4, 0.5) is 8.78 Å². The Labute approximate surface area is 101 Å². The fourth-order valence-corrected chi connectivity index (χ4v) is 2.55. The second-order valence-corrected chi connectivity index (χ2v) is 5.70. The Morgan fingerprint density at radius 1 is 1.35 bits per heavy atom. The molecule has 1 aliphatic rings. The molecule has 0 aliphatic heterocycles. The Balaban J connectivity index is 1.93. The second kappa shape index (κ2) is 4.73. The van der Waals surface area contributed by atoms with E-state index in [-0.39, 0.29) is 0 Å². The van der Waals surface area contributed by atoms with Crippen LogP contribution in [0.5, 0.6) is 0 Å². The first kappa shape index (κ1) is 12.5. The molecule has 1 atom stereocenters. The van der Waals surface area contributed by atoms with Crippen LogP contribution in [0.25, 0.3) is 0 Å². The zero-order chi connectivity index (χ0) is 12.5. The number of nitrogens with one attached hydrogen (secondary N) is 1. The third-order valence-corrected chi connectivity index (χ3v) is 3.58. The lowest BCUT2D eigenvalue weighted by Crippen LogP contribution is -2.27. The van der Waals surface area contributed by atoms with Crippen molar-refractivity contribution in [3.63, 3.8) is 0 Å². The van der Waals surface area contributed by atoms with Gasteiger partial charge in [-0.05, 0) is 30.7 Å². The number of hydrogen-bond donors (Lipinski definition) is 1. The van der Waals surface area contributed by atoms with E-state index in [2.05, 4.69) is 19.2 Å². The Morgan fingerprint density at radius 3 is 2.76 bits per heavy atom. The van der Waals surface area contributed by atoms with E-state index in [9.17, 15) is 8.78 Å². The summed E-state index contributed by atoms with van der Waals surface area (Å²) in [6.07, 6.45) is 3.41. The molecule has 1 aromatic carbocycles. The first-order valence-electron chi connectivity index (χ1n) is 6.14. The first-order chi connectivity index (χ1) is 7.98. The van der Waals surface area contributed by atoms with Crippen LogP contribution in [0.15, 0.2) is 18.2 Å². The number of benzene rings is 1. The highest BCUT2D eigenvalue weighted by molar-refractivity contribution is 5.18. The fourth-order valence-electron chi connectivity index (χ4n) is 2.55. The van der Waals surface area contributed by atoms with Crippen molar-refractivity contribution >= 4 is 0 Å². The predicted octanol–water partition coefficient (Wildman–Crippen LogP) is 3.63. The molecular formula is C14H19F2N. The molecule has 0 heterocycles. The Bertz CT molecular complexity index is 401. The van der Waals surface area contributed by atoms with Crippen LogP contribution in [0.3, 0.4) is 0 Å². The van der Waals surface area contributed by atoms with Crippen LogP contribution in [-0.4, -0.2) is 6.04 Å². The number of hydrogen-bond acceptors (Lipinski definition) is 1. The van der Waals surface area contributed by atoms with Gasteiger partial charge in [0.25, 0.3) is 0 Å². The third-order valence-electron chi connectivity index (χ3n) is 3.58. The molecule has 0 aromatic heterocycles. The summed E-state index contributed by atoms with van der Waals surface area (Å²) in [5, 5.41) is 3.31. The molecule has 1 aliphatic carbocycles. The van der Waals surface area contributed by atoms with Crippen LogP contribution in [-0.2, 0) is 6.54 Å². The summed E-state index contributed by atoms with van der Waals surface area (Å²) in [5.41, 5.74) is 0.785. The molecule has 0 bridgehead atoms. The van der Waals surface area contributed by atoms with Crippen molar-refractivity contribution in [1.29, 1.82) is 0 Å². The SMILES string of the molecule is CC1(C)CCC(NCc2cccc(F)c2F)C1. The summed E-state index contributed by atoms with van der Waals surface area (Å²) >= 11 is 0. The average molecular weight is 239 g/mol. The molecule has 1 nitrogen and oxygen atoms in total. The Morgan fingerprint density at radius 2 is 2.12 bits per heavy atom. The maximum absolute atomic E-state index is 13.4. The van der Waals surface area contributed by atoms with Gasteiger partial charge in [0.1, 0.15) is 0 Å². The quantitative estimate of drug-likeness (QED) is 0.849. The van der Waals surface area contributed by atoms with Crippen molar-refractivity contribution in [3.05, 3.63) is 35.4 Å². The third kappa shape index (κ3) is 3.03. The van der Waals surface area contributed by atoms with E-state index >= 15 is 0 Å². The Hall–Kier alpha value is -0.960. The van der Waals surface area contributed by atoms with Crippen molar-refractivity contribution in [2.75, 3.05) is 0 Å². The second-order valence-electron chi connectivity index (χ2n) is 5.70. The monoisotopic (exact) mass is 239 g/mol. The maximum atomic E-state index is 13.4. The largest absolute Gasteiger partial charge is 0.310 e. The van der Waals surface area contributed by atoms with Gasteiger partial charge >= 0.3 is 0 Å². The summed E-state index contributed by atoms with van der Waals surface area (Å²) in [7, 11) is 0. The molecule has 1 unspecified atom stereocenters. The normalized spacial score (nSPS) is 22.9. The number of halogens is 2. The summed E-state index contributed by atoms with van der Waals surface area (Å²) < 4.78 is 26.4. The van der Waals surface area contributed by atoms with E-state index in [1.54, 1.807) is 12.1 Å². The smallest absolute Gasteiger partial charge is 0.163 e. The maximum Gasteiger partial charge on any atom is 0.163 e. The highest BCUT2D eigenvalue weighted by atomic mass is 19.2. The zero-order valence-corrected chi connectivity index (χ0v) is 10.4. The van der Waals surface area contributed by atoms with Gasteiger partial charge in [-0.15, -0.1) is 0 Å². The topological polar surface area (TPSA) is 12.0 Å². The molecule has 17 heavy (non-hydrogen) atoms. The van der Waals surface area contributed by atoms with Crippen molar-refractivity contribution in [2.24, 2.45) is 5.41 Å². The minimum Gasteiger partial charge on any atom is -0.310 e. The van der Waals surface area contributed by atoms with Crippen LogP contribution in [0.2, 0.25) is 0 Å². The van der Waals surface area contributed by atoms with Gasteiger partial charge in [-0.2, -0.15) is 0 Å². The van der Waals surface area contributed by atoms with Crippen molar-refractivity contribution < 1.29 is 8.78 Å². The molecule has 0 saturated heterocycles. The fraction of sp³-hybridized carbons (Fsp3) is 0.571. The Kier molecular flexibility index (Phi) is 3.48. The summed E-state index contributed by atoms with van der Waals surface area (Å²) in [4.78, 5) is 0. The van der Waals surface area contributed by atoms with Crippen LogP contribution < -0.4 is 5.32 Å². The van der Waals surface area contributed by atoms with E-state index in [1.807, 2.05) is 0 Å². The minimum atomic E-state index is -0.768. The molecule has 0 radical (unpaired) electrons. The first-order valence-corrected chi connectivity index (χ1v) is 6.14. The van der Waals surface area contributed by atoms with Gasteiger partial charge in [0, 0.05) is 18.2 Å². The molecule has 94 valence electrons. The lowest BCUT2D eigenvalue weighted by Gasteiger charge is -2.18. The van der Waals surface area contributed by atoms with Gasteiger partial charge < -0.3 is 5.32 Å². The van der Waals surface area contributed by atoms with E-state index in [1.165, 1.54) is 6.42 Å². The van der Waals surface area contributed by atoms with Gasteiger partial charge in [-0.25, -0.2) is 8.78 Å². The molecule has 1 saturated carbocycles. The van der Waals surface area contributed by atoms with E-state index < -0.39 is 11.6 Å². The highest BCUT2D eigenvalue weighted by Gasteiger charge is 2.30.